The van der Waals surface area contributed by atoms with Crippen molar-refractivity contribution in [1.82, 2.24) is 4.31 Å². The van der Waals surface area contributed by atoms with E-state index in [0.717, 1.165) is 16.4 Å². The molecule has 9 heteroatoms. The Morgan fingerprint density at radius 3 is 2.67 bits per heavy atom. The van der Waals surface area contributed by atoms with Gasteiger partial charge in [0.05, 0.1) is 23.7 Å². The number of nitrogens with zero attached hydrogens (tertiary/aromatic N) is 1. The molecule has 1 aromatic rings. The number of sulfonamides is 1. The third-order valence-corrected chi connectivity index (χ3v) is 5.00. The van der Waals surface area contributed by atoms with Crippen LogP contribution in [0.4, 0.5) is 10.1 Å². The largest absolute Gasteiger partial charge is 0.466 e. The molecule has 0 unspecified atom stereocenters. The van der Waals surface area contributed by atoms with Gasteiger partial charge < -0.3 is 10.5 Å². The summed E-state index contributed by atoms with van der Waals surface area (Å²) in [5, 5.41) is -0.273. The number of carbonyl (C=O) groups is 1. The summed E-state index contributed by atoms with van der Waals surface area (Å²) >= 11 is 5.75. The molecule has 0 fully saturated rings. The molecule has 0 spiro atoms. The number of nitrogen functional groups attached to an aromatic ring is 1. The van der Waals surface area contributed by atoms with Gasteiger partial charge in [0.2, 0.25) is 10.0 Å². The highest BCUT2D eigenvalue weighted by molar-refractivity contribution is 7.89. The van der Waals surface area contributed by atoms with Crippen molar-refractivity contribution in [2.24, 2.45) is 0 Å². The van der Waals surface area contributed by atoms with Crippen molar-refractivity contribution in [3.63, 3.8) is 0 Å². The Kier molecular flexibility index (Phi) is 5.94. The lowest BCUT2D eigenvalue weighted by Crippen LogP contribution is -2.30. The van der Waals surface area contributed by atoms with Gasteiger partial charge >= 0.3 is 5.97 Å². The smallest absolute Gasteiger partial charge is 0.307 e. The first-order valence-corrected chi connectivity index (χ1v) is 7.88. The van der Waals surface area contributed by atoms with Crippen LogP contribution < -0.4 is 5.73 Å². The second-order valence-corrected chi connectivity index (χ2v) is 6.61. The highest BCUT2D eigenvalue weighted by Crippen LogP contribution is 2.28. The Morgan fingerprint density at radius 1 is 1.48 bits per heavy atom. The summed E-state index contributed by atoms with van der Waals surface area (Å²) in [6, 6.07) is 1.79. The molecule has 118 valence electrons. The number of benzene rings is 1. The summed E-state index contributed by atoms with van der Waals surface area (Å²) in [4.78, 5) is 10.9. The number of halogens is 2. The average molecular weight is 339 g/mol. The topological polar surface area (TPSA) is 89.7 Å². The minimum atomic E-state index is -3.97. The number of esters is 1. The van der Waals surface area contributed by atoms with Gasteiger partial charge in [-0.3, -0.25) is 4.79 Å². The van der Waals surface area contributed by atoms with Crippen LogP contribution in [0.2, 0.25) is 5.02 Å². The van der Waals surface area contributed by atoms with E-state index in [2.05, 4.69) is 0 Å². The number of anilines is 1. The zero-order chi connectivity index (χ0) is 16.2. The maximum absolute atomic E-state index is 13.2. The summed E-state index contributed by atoms with van der Waals surface area (Å²) in [7, 11) is -2.69. The van der Waals surface area contributed by atoms with Gasteiger partial charge in [0.1, 0.15) is 10.7 Å². The number of rotatable bonds is 6. The molecule has 0 saturated carbocycles. The number of hydrogen-bond acceptors (Lipinski definition) is 5. The van der Waals surface area contributed by atoms with Crippen molar-refractivity contribution in [2.75, 3.05) is 25.9 Å². The number of nitrogens with two attached hydrogens (primary N) is 1. The second kappa shape index (κ2) is 7.06. The van der Waals surface area contributed by atoms with Crippen LogP contribution in [0.5, 0.6) is 0 Å². The van der Waals surface area contributed by atoms with Gasteiger partial charge in [0.15, 0.2) is 0 Å². The summed E-state index contributed by atoms with van der Waals surface area (Å²) in [6.07, 6.45) is -0.0993. The molecule has 21 heavy (non-hydrogen) atoms. The van der Waals surface area contributed by atoms with Gasteiger partial charge in [-0.1, -0.05) is 11.6 Å². The maximum Gasteiger partial charge on any atom is 0.307 e. The van der Waals surface area contributed by atoms with Crippen molar-refractivity contribution in [2.45, 2.75) is 18.2 Å². The van der Waals surface area contributed by atoms with E-state index in [9.17, 15) is 17.6 Å². The molecular weight excluding hydrogens is 323 g/mol. The molecule has 1 rings (SSSR count). The van der Waals surface area contributed by atoms with Crippen molar-refractivity contribution in [3.8, 4) is 0 Å². The molecule has 0 radical (unpaired) electrons. The molecule has 0 aromatic heterocycles. The Labute approximate surface area is 127 Å². The van der Waals surface area contributed by atoms with Crippen LogP contribution >= 0.6 is 11.6 Å². The molecule has 0 aliphatic heterocycles. The van der Waals surface area contributed by atoms with Crippen LogP contribution in [0.3, 0.4) is 0 Å². The fourth-order valence-electron chi connectivity index (χ4n) is 1.51. The van der Waals surface area contributed by atoms with Crippen LogP contribution in [0.15, 0.2) is 17.0 Å². The van der Waals surface area contributed by atoms with E-state index in [-0.39, 0.29) is 35.2 Å². The molecule has 1 aromatic carbocycles. The first-order chi connectivity index (χ1) is 9.70. The summed E-state index contributed by atoms with van der Waals surface area (Å²) in [5.41, 5.74) is 5.03. The molecule has 0 heterocycles. The van der Waals surface area contributed by atoms with Crippen molar-refractivity contribution < 1.29 is 22.3 Å². The highest BCUT2D eigenvalue weighted by atomic mass is 35.5. The lowest BCUT2D eigenvalue weighted by Gasteiger charge is -2.18. The molecule has 6 nitrogen and oxygen atoms in total. The van der Waals surface area contributed by atoms with E-state index in [0.29, 0.717) is 0 Å². The van der Waals surface area contributed by atoms with Crippen LogP contribution in [-0.4, -0.2) is 38.9 Å². The molecule has 0 saturated heterocycles. The summed E-state index contributed by atoms with van der Waals surface area (Å²) in [6.45, 7) is 1.78. The second-order valence-electron chi connectivity index (χ2n) is 4.19. The molecule has 0 bridgehead atoms. The average Bonchev–Trinajstić information content (AvgIpc) is 2.40. The molecule has 0 aliphatic carbocycles. The monoisotopic (exact) mass is 338 g/mol. The Hall–Kier alpha value is -1.38. The van der Waals surface area contributed by atoms with E-state index >= 15 is 0 Å². The van der Waals surface area contributed by atoms with Gasteiger partial charge in [-0.05, 0) is 19.1 Å². The number of carbonyl (C=O) groups excluding carboxylic acids is 1. The van der Waals surface area contributed by atoms with E-state index in [1.807, 2.05) is 0 Å². The van der Waals surface area contributed by atoms with Gasteiger partial charge in [-0.15, -0.1) is 0 Å². The lowest BCUT2D eigenvalue weighted by molar-refractivity contribution is -0.143. The predicted octanol–water partition coefficient (Wildman–Crippen LogP) is 1.63. The normalized spacial score (nSPS) is 11.7. The van der Waals surface area contributed by atoms with Crippen LogP contribution in [0.25, 0.3) is 0 Å². The molecule has 0 amide bonds. The van der Waals surface area contributed by atoms with E-state index in [4.69, 9.17) is 22.1 Å². The van der Waals surface area contributed by atoms with Crippen molar-refractivity contribution >= 4 is 33.3 Å². The maximum atomic E-state index is 13.2. The van der Waals surface area contributed by atoms with Gasteiger partial charge in [0.25, 0.3) is 0 Å². The molecule has 0 aliphatic rings. The summed E-state index contributed by atoms with van der Waals surface area (Å²) in [5.74, 6) is -1.31. The quantitative estimate of drug-likeness (QED) is 0.629. The van der Waals surface area contributed by atoms with Gasteiger partial charge in [0, 0.05) is 13.6 Å². The molecule has 2 N–H and O–H groups in total. The predicted molar refractivity (Wildman–Crippen MR) is 76.9 cm³/mol. The Bertz CT molecular complexity index is 636. The SMILES string of the molecule is CCOC(=O)CCN(C)S(=O)(=O)c1cc(N)c(F)cc1Cl. The minimum Gasteiger partial charge on any atom is -0.466 e. The highest BCUT2D eigenvalue weighted by Gasteiger charge is 2.25. The first kappa shape index (κ1) is 17.7. The minimum absolute atomic E-state index is 0.0885. The zero-order valence-electron chi connectivity index (χ0n) is 11.6. The standard InChI is InChI=1S/C12H16ClFN2O4S/c1-3-20-12(17)4-5-16(2)21(18,19)11-7-10(15)9(14)6-8(11)13/h6-7H,3-5,15H2,1-2H3. The lowest BCUT2D eigenvalue weighted by atomic mass is 10.3. The van der Waals surface area contributed by atoms with Crippen LogP contribution in [-0.2, 0) is 19.6 Å². The third-order valence-electron chi connectivity index (χ3n) is 2.68. The summed E-state index contributed by atoms with van der Waals surface area (Å²) < 4.78 is 43.5. The van der Waals surface area contributed by atoms with Crippen LogP contribution in [0, 0.1) is 5.82 Å². The Morgan fingerprint density at radius 2 is 2.10 bits per heavy atom. The van der Waals surface area contributed by atoms with Crippen molar-refractivity contribution in [3.05, 3.63) is 23.0 Å². The Balaban J connectivity index is 2.95. The number of ether oxygens (including phenoxy) is 1. The third kappa shape index (κ3) is 4.29. The van der Waals surface area contributed by atoms with Gasteiger partial charge in [-0.25, -0.2) is 17.1 Å². The van der Waals surface area contributed by atoms with E-state index in [1.165, 1.54) is 7.05 Å². The van der Waals surface area contributed by atoms with E-state index < -0.39 is 21.8 Å². The number of hydrogen-bond donors (Lipinski definition) is 1. The molecule has 0 atom stereocenters. The first-order valence-electron chi connectivity index (χ1n) is 6.06. The van der Waals surface area contributed by atoms with Gasteiger partial charge in [-0.2, -0.15) is 0 Å². The molecular formula is C12H16ClFN2O4S. The fraction of sp³-hybridized carbons (Fsp3) is 0.417. The van der Waals surface area contributed by atoms with Crippen LogP contribution in [0.1, 0.15) is 13.3 Å². The zero-order valence-corrected chi connectivity index (χ0v) is 13.2. The van der Waals surface area contributed by atoms with Crippen molar-refractivity contribution in [1.29, 1.82) is 0 Å². The van der Waals surface area contributed by atoms with E-state index in [1.54, 1.807) is 6.92 Å². The fourth-order valence-corrected chi connectivity index (χ4v) is 3.20.